The van der Waals surface area contributed by atoms with Crippen LogP contribution in [0.1, 0.15) is 31.8 Å². The van der Waals surface area contributed by atoms with Gasteiger partial charge in [0.15, 0.2) is 11.6 Å². The number of hydrogen-bond acceptors (Lipinski definition) is 6. The molecule has 0 saturated heterocycles. The highest BCUT2D eigenvalue weighted by Gasteiger charge is 2.31. The Morgan fingerprint density at radius 3 is 1.85 bits per heavy atom. The highest BCUT2D eigenvalue weighted by molar-refractivity contribution is 6.30. The second-order valence-corrected chi connectivity index (χ2v) is 4.19. The topological polar surface area (TPSA) is 156 Å². The van der Waals surface area contributed by atoms with Crippen LogP contribution in [0.2, 0.25) is 0 Å². The summed E-state index contributed by atoms with van der Waals surface area (Å²) in [6.07, 6.45) is 0. The Bertz CT molecular complexity index is 710. The van der Waals surface area contributed by atoms with Crippen molar-refractivity contribution in [2.24, 2.45) is 0 Å². The van der Waals surface area contributed by atoms with Crippen molar-refractivity contribution < 1.29 is 9.59 Å². The average molecular weight is 272 g/mol. The molecule has 3 rings (SSSR count). The highest BCUT2D eigenvalue weighted by atomic mass is 16.1. The van der Waals surface area contributed by atoms with Gasteiger partial charge in [0.1, 0.15) is 0 Å². The minimum absolute atomic E-state index is 0. The Labute approximate surface area is 115 Å². The number of benzene rings is 2. The lowest BCUT2D eigenvalue weighted by Crippen LogP contribution is -2.22. The van der Waals surface area contributed by atoms with Crippen LogP contribution in [0.25, 0.3) is 0 Å². The van der Waals surface area contributed by atoms with Gasteiger partial charge in [0.2, 0.25) is 0 Å². The lowest BCUT2D eigenvalue weighted by Gasteiger charge is -2.19. The fourth-order valence-electron chi connectivity index (χ4n) is 2.23. The molecule has 6 nitrogen and oxygen atoms in total. The first-order chi connectivity index (χ1) is 8.61. The van der Waals surface area contributed by atoms with Crippen molar-refractivity contribution >= 4 is 22.9 Å². The van der Waals surface area contributed by atoms with Gasteiger partial charge in [-0.25, -0.2) is 0 Å². The Kier molecular flexibility index (Phi) is 3.93. The number of carbonyl (C=O) groups is 2. The van der Waals surface area contributed by atoms with Crippen molar-refractivity contribution in [1.82, 2.24) is 12.3 Å². The van der Waals surface area contributed by atoms with E-state index in [4.69, 9.17) is 11.5 Å². The van der Waals surface area contributed by atoms with E-state index in [2.05, 4.69) is 0 Å². The second-order valence-electron chi connectivity index (χ2n) is 4.19. The van der Waals surface area contributed by atoms with Crippen molar-refractivity contribution in [3.05, 3.63) is 58.7 Å². The van der Waals surface area contributed by atoms with E-state index in [1.165, 1.54) is 0 Å². The van der Waals surface area contributed by atoms with Crippen molar-refractivity contribution in [3.63, 3.8) is 0 Å². The van der Waals surface area contributed by atoms with Crippen LogP contribution >= 0.6 is 0 Å². The SMILES string of the molecule is N.N.Nc1ccc2c(c1N)C(=O)c1ccccc1C2=O. The molecule has 0 heterocycles. The van der Waals surface area contributed by atoms with Crippen LogP contribution in [0, 0.1) is 0 Å². The van der Waals surface area contributed by atoms with E-state index in [-0.39, 0.29) is 35.1 Å². The number of ketones is 2. The quantitative estimate of drug-likeness (QED) is 0.458. The molecule has 20 heavy (non-hydrogen) atoms. The Hall–Kier alpha value is -2.70. The molecule has 0 radical (unpaired) electrons. The molecule has 0 spiro atoms. The van der Waals surface area contributed by atoms with Crippen LogP contribution < -0.4 is 23.8 Å². The summed E-state index contributed by atoms with van der Waals surface area (Å²) in [6.45, 7) is 0. The molecule has 0 atom stereocenters. The number of rotatable bonds is 0. The monoisotopic (exact) mass is 272 g/mol. The number of anilines is 2. The maximum Gasteiger partial charge on any atom is 0.196 e. The number of nitrogen functional groups attached to an aromatic ring is 2. The van der Waals surface area contributed by atoms with Gasteiger partial charge in [-0.1, -0.05) is 24.3 Å². The smallest absolute Gasteiger partial charge is 0.196 e. The van der Waals surface area contributed by atoms with Gasteiger partial charge in [-0.2, -0.15) is 0 Å². The van der Waals surface area contributed by atoms with Crippen molar-refractivity contribution in [2.45, 2.75) is 0 Å². The summed E-state index contributed by atoms with van der Waals surface area (Å²) in [4.78, 5) is 24.6. The fraction of sp³-hybridized carbons (Fsp3) is 0. The molecule has 1 aliphatic carbocycles. The minimum Gasteiger partial charge on any atom is -0.397 e. The van der Waals surface area contributed by atoms with Crippen LogP contribution in [0.4, 0.5) is 11.4 Å². The van der Waals surface area contributed by atoms with E-state index >= 15 is 0 Å². The lowest BCUT2D eigenvalue weighted by atomic mass is 9.83. The van der Waals surface area contributed by atoms with Gasteiger partial charge in [0, 0.05) is 16.7 Å². The lowest BCUT2D eigenvalue weighted by molar-refractivity contribution is 0.0980. The molecule has 0 bridgehead atoms. The molecule has 2 aromatic rings. The summed E-state index contributed by atoms with van der Waals surface area (Å²) in [5, 5.41) is 0. The third kappa shape index (κ3) is 1.83. The van der Waals surface area contributed by atoms with Gasteiger partial charge in [-0.3, -0.25) is 9.59 Å². The maximum atomic E-state index is 12.3. The molecule has 0 fully saturated rings. The number of hydrogen-bond donors (Lipinski definition) is 4. The van der Waals surface area contributed by atoms with Crippen LogP contribution in [0.3, 0.4) is 0 Å². The summed E-state index contributed by atoms with van der Waals surface area (Å²) in [7, 11) is 0. The predicted molar refractivity (Wildman–Crippen MR) is 78.6 cm³/mol. The largest absolute Gasteiger partial charge is 0.397 e. The third-order valence-electron chi connectivity index (χ3n) is 3.17. The molecule has 0 saturated carbocycles. The standard InChI is InChI=1S/C14H10N2O2.2H3N/c15-10-6-5-9-11(12(10)16)14(18)8-4-2-1-3-7(8)13(9)17;;/h1-6H,15-16H2;2*1H3. The summed E-state index contributed by atoms with van der Waals surface area (Å²) in [6, 6.07) is 9.82. The molecule has 0 unspecified atom stereocenters. The van der Waals surface area contributed by atoms with Crippen molar-refractivity contribution in [1.29, 1.82) is 0 Å². The van der Waals surface area contributed by atoms with E-state index in [1.807, 2.05) is 0 Å². The fourth-order valence-corrected chi connectivity index (χ4v) is 2.23. The Balaban J connectivity index is 0.000001000. The molecule has 0 aromatic heterocycles. The van der Waals surface area contributed by atoms with Crippen LogP contribution in [-0.4, -0.2) is 11.6 Å². The highest BCUT2D eigenvalue weighted by Crippen LogP contribution is 2.33. The normalized spacial score (nSPS) is 11.8. The van der Waals surface area contributed by atoms with Gasteiger partial charge in [-0.05, 0) is 12.1 Å². The summed E-state index contributed by atoms with van der Waals surface area (Å²) < 4.78 is 0. The summed E-state index contributed by atoms with van der Waals surface area (Å²) in [5.74, 6) is -0.433. The molecule has 10 N–H and O–H groups in total. The van der Waals surface area contributed by atoms with Crippen molar-refractivity contribution in [2.75, 3.05) is 11.5 Å². The maximum absolute atomic E-state index is 12.3. The van der Waals surface area contributed by atoms with E-state index in [1.54, 1.807) is 36.4 Å². The molecule has 6 heteroatoms. The van der Waals surface area contributed by atoms with Gasteiger partial charge in [0.05, 0.1) is 16.9 Å². The van der Waals surface area contributed by atoms with E-state index in [0.717, 1.165) is 0 Å². The summed E-state index contributed by atoms with van der Waals surface area (Å²) in [5.41, 5.74) is 13.3. The van der Waals surface area contributed by atoms with Gasteiger partial charge >= 0.3 is 0 Å². The number of fused-ring (bicyclic) bond motifs is 2. The first kappa shape index (κ1) is 15.4. The van der Waals surface area contributed by atoms with E-state index in [0.29, 0.717) is 22.4 Å². The zero-order valence-corrected chi connectivity index (χ0v) is 10.8. The van der Waals surface area contributed by atoms with Crippen molar-refractivity contribution in [3.8, 4) is 0 Å². The Morgan fingerprint density at radius 2 is 1.25 bits per heavy atom. The first-order valence-electron chi connectivity index (χ1n) is 5.47. The van der Waals surface area contributed by atoms with E-state index < -0.39 is 0 Å². The summed E-state index contributed by atoms with van der Waals surface area (Å²) >= 11 is 0. The second kappa shape index (κ2) is 5.12. The Morgan fingerprint density at radius 1 is 0.700 bits per heavy atom. The number of nitrogens with two attached hydrogens (primary N) is 2. The zero-order chi connectivity index (χ0) is 12.9. The molecule has 0 aliphatic heterocycles. The van der Waals surface area contributed by atoms with Gasteiger partial charge in [-0.15, -0.1) is 0 Å². The third-order valence-corrected chi connectivity index (χ3v) is 3.17. The molecular formula is C14H16N4O2. The van der Waals surface area contributed by atoms with Gasteiger partial charge < -0.3 is 23.8 Å². The van der Waals surface area contributed by atoms with Crippen LogP contribution in [0.5, 0.6) is 0 Å². The van der Waals surface area contributed by atoms with E-state index in [9.17, 15) is 9.59 Å². The minimum atomic E-state index is -0.245. The first-order valence-corrected chi connectivity index (χ1v) is 5.47. The molecule has 2 aromatic carbocycles. The van der Waals surface area contributed by atoms with Gasteiger partial charge in [0.25, 0.3) is 0 Å². The number of carbonyl (C=O) groups excluding carboxylic acids is 2. The molecular weight excluding hydrogens is 256 g/mol. The van der Waals surface area contributed by atoms with Crippen LogP contribution in [0.15, 0.2) is 36.4 Å². The average Bonchev–Trinajstić information content (AvgIpc) is 2.39. The predicted octanol–water partition coefficient (Wildman–Crippen LogP) is 1.95. The zero-order valence-electron chi connectivity index (χ0n) is 10.8. The molecule has 0 amide bonds. The molecule has 1 aliphatic rings. The molecule has 104 valence electrons. The van der Waals surface area contributed by atoms with Crippen LogP contribution in [-0.2, 0) is 0 Å².